The molecule has 1 aromatic rings. The molecule has 3 N–H and O–H groups in total. The van der Waals surface area contributed by atoms with Gasteiger partial charge in [-0.05, 0) is 12.1 Å². The fourth-order valence-electron chi connectivity index (χ4n) is 1.05. The fourth-order valence-corrected chi connectivity index (χ4v) is 1.05. The van der Waals surface area contributed by atoms with Gasteiger partial charge < -0.3 is 15.6 Å². The largest absolute Gasteiger partial charge is 0.478 e. The van der Waals surface area contributed by atoms with Gasteiger partial charge in [0.1, 0.15) is 0 Å². The maximum atomic E-state index is 13.3. The first-order valence-electron chi connectivity index (χ1n) is 3.88. The van der Waals surface area contributed by atoms with E-state index < -0.39 is 29.0 Å². The molecule has 80 valence electrons. The van der Waals surface area contributed by atoms with Crippen LogP contribution < -0.4 is 5.73 Å². The van der Waals surface area contributed by atoms with Gasteiger partial charge in [0.15, 0.2) is 5.82 Å². The van der Waals surface area contributed by atoms with E-state index in [2.05, 4.69) is 4.74 Å². The molecule has 6 heteroatoms. The van der Waals surface area contributed by atoms with E-state index in [1.165, 1.54) is 0 Å². The summed E-state index contributed by atoms with van der Waals surface area (Å²) in [4.78, 5) is 21.6. The second kappa shape index (κ2) is 3.95. The van der Waals surface area contributed by atoms with Crippen molar-refractivity contribution in [2.45, 2.75) is 0 Å². The molecule has 0 aromatic heterocycles. The summed E-state index contributed by atoms with van der Waals surface area (Å²) in [5.41, 5.74) is 3.95. The van der Waals surface area contributed by atoms with E-state index in [1.54, 1.807) is 0 Å². The van der Waals surface area contributed by atoms with Crippen LogP contribution in [-0.4, -0.2) is 24.2 Å². The fraction of sp³-hybridized carbons (Fsp3) is 0.111. The Kier molecular flexibility index (Phi) is 2.89. The van der Waals surface area contributed by atoms with Gasteiger partial charge in [-0.2, -0.15) is 0 Å². The maximum absolute atomic E-state index is 13.3. The molecule has 0 saturated carbocycles. The van der Waals surface area contributed by atoms with E-state index >= 15 is 0 Å². The van der Waals surface area contributed by atoms with Crippen molar-refractivity contribution in [3.05, 3.63) is 29.1 Å². The normalized spacial score (nSPS) is 9.73. The number of aromatic carboxylic acids is 1. The molecule has 0 aliphatic heterocycles. The Morgan fingerprint density at radius 1 is 1.40 bits per heavy atom. The van der Waals surface area contributed by atoms with E-state index in [0.717, 1.165) is 19.2 Å². The number of carboxylic acid groups (broad SMARTS) is 1. The number of methoxy groups -OCH3 is 1. The number of carbonyl (C=O) groups is 2. The molecule has 0 radical (unpaired) electrons. The van der Waals surface area contributed by atoms with E-state index in [4.69, 9.17) is 10.8 Å². The number of nitrogen functional groups attached to an aromatic ring is 1. The van der Waals surface area contributed by atoms with Gasteiger partial charge in [-0.25, -0.2) is 14.0 Å². The van der Waals surface area contributed by atoms with Gasteiger partial charge in [0.25, 0.3) is 0 Å². The monoisotopic (exact) mass is 213 g/mol. The van der Waals surface area contributed by atoms with Crippen molar-refractivity contribution >= 4 is 17.6 Å². The smallest absolute Gasteiger partial charge is 0.340 e. The second-order valence-electron chi connectivity index (χ2n) is 2.69. The van der Waals surface area contributed by atoms with Crippen molar-refractivity contribution in [2.75, 3.05) is 12.8 Å². The van der Waals surface area contributed by atoms with Crippen LogP contribution >= 0.6 is 0 Å². The Balaban J connectivity index is 3.33. The Morgan fingerprint density at radius 3 is 2.40 bits per heavy atom. The Labute approximate surface area is 84.3 Å². The molecule has 0 amide bonds. The highest BCUT2D eigenvalue weighted by Gasteiger charge is 2.19. The topological polar surface area (TPSA) is 89.6 Å². The number of anilines is 1. The minimum Gasteiger partial charge on any atom is -0.478 e. The number of ether oxygens (including phenoxy) is 1. The van der Waals surface area contributed by atoms with Crippen LogP contribution in [0.5, 0.6) is 0 Å². The molecule has 5 nitrogen and oxygen atoms in total. The number of halogens is 1. The number of carboxylic acids is 1. The van der Waals surface area contributed by atoms with Gasteiger partial charge in [0.2, 0.25) is 0 Å². The summed E-state index contributed by atoms with van der Waals surface area (Å²) in [6, 6.07) is 2.06. The molecule has 1 aromatic carbocycles. The lowest BCUT2D eigenvalue weighted by atomic mass is 10.1. The third-order valence-electron chi connectivity index (χ3n) is 1.82. The highest BCUT2D eigenvalue weighted by atomic mass is 19.1. The minimum atomic E-state index is -1.45. The highest BCUT2D eigenvalue weighted by Crippen LogP contribution is 2.20. The first-order chi connectivity index (χ1) is 6.99. The number of hydrogen-bond acceptors (Lipinski definition) is 4. The van der Waals surface area contributed by atoms with E-state index in [0.29, 0.717) is 0 Å². The lowest BCUT2D eigenvalue weighted by Gasteiger charge is -2.06. The van der Waals surface area contributed by atoms with Crippen molar-refractivity contribution in [2.24, 2.45) is 0 Å². The van der Waals surface area contributed by atoms with Gasteiger partial charge in [0, 0.05) is 0 Å². The van der Waals surface area contributed by atoms with Crippen LogP contribution in [0.3, 0.4) is 0 Å². The number of hydrogen-bond donors (Lipinski definition) is 2. The molecule has 0 aliphatic carbocycles. The summed E-state index contributed by atoms with van der Waals surface area (Å²) in [7, 11) is 1.12. The van der Waals surface area contributed by atoms with Gasteiger partial charge in [0.05, 0.1) is 23.9 Å². The molecule has 0 saturated heterocycles. The Hall–Kier alpha value is -2.11. The van der Waals surface area contributed by atoms with Crippen molar-refractivity contribution in [1.82, 2.24) is 0 Å². The highest BCUT2D eigenvalue weighted by molar-refractivity contribution is 5.98. The summed E-state index contributed by atoms with van der Waals surface area (Å²) < 4.78 is 17.6. The predicted octanol–water partition coefficient (Wildman–Crippen LogP) is 0.893. The van der Waals surface area contributed by atoms with Crippen molar-refractivity contribution in [3.63, 3.8) is 0 Å². The predicted molar refractivity (Wildman–Crippen MR) is 49.1 cm³/mol. The number of esters is 1. The van der Waals surface area contributed by atoms with Crippen LogP contribution in [0.25, 0.3) is 0 Å². The zero-order valence-corrected chi connectivity index (χ0v) is 7.78. The Morgan fingerprint density at radius 2 is 1.93 bits per heavy atom. The SMILES string of the molecule is COC(=O)c1ccc(C(=O)O)c(F)c1N. The van der Waals surface area contributed by atoms with E-state index in [9.17, 15) is 14.0 Å². The molecular weight excluding hydrogens is 205 g/mol. The van der Waals surface area contributed by atoms with Crippen molar-refractivity contribution in [3.8, 4) is 0 Å². The van der Waals surface area contributed by atoms with Crippen LogP contribution in [0.2, 0.25) is 0 Å². The van der Waals surface area contributed by atoms with E-state index in [-0.39, 0.29) is 5.56 Å². The number of rotatable bonds is 2. The lowest BCUT2D eigenvalue weighted by Crippen LogP contribution is -2.11. The van der Waals surface area contributed by atoms with Crippen molar-refractivity contribution in [1.29, 1.82) is 0 Å². The van der Waals surface area contributed by atoms with Crippen molar-refractivity contribution < 1.29 is 23.8 Å². The number of benzene rings is 1. The molecule has 0 aliphatic rings. The van der Waals surface area contributed by atoms with E-state index in [1.807, 2.05) is 0 Å². The van der Waals surface area contributed by atoms with Gasteiger partial charge >= 0.3 is 11.9 Å². The molecule has 0 spiro atoms. The van der Waals surface area contributed by atoms with Crippen LogP contribution in [-0.2, 0) is 4.74 Å². The zero-order valence-electron chi connectivity index (χ0n) is 7.78. The average Bonchev–Trinajstić information content (AvgIpc) is 2.20. The van der Waals surface area contributed by atoms with Gasteiger partial charge in [-0.1, -0.05) is 0 Å². The zero-order chi connectivity index (χ0) is 11.6. The summed E-state index contributed by atoms with van der Waals surface area (Å²) in [6.45, 7) is 0. The van der Waals surface area contributed by atoms with Crippen LogP contribution in [0.4, 0.5) is 10.1 Å². The lowest BCUT2D eigenvalue weighted by molar-refractivity contribution is 0.0599. The van der Waals surface area contributed by atoms with Gasteiger partial charge in [-0.15, -0.1) is 0 Å². The van der Waals surface area contributed by atoms with Crippen LogP contribution in [0.1, 0.15) is 20.7 Å². The van der Waals surface area contributed by atoms with Crippen LogP contribution in [0, 0.1) is 5.82 Å². The molecule has 1 rings (SSSR count). The summed E-state index contributed by atoms with van der Waals surface area (Å²) in [5.74, 6) is -3.40. The summed E-state index contributed by atoms with van der Waals surface area (Å²) in [6.07, 6.45) is 0. The molecule has 0 fully saturated rings. The third kappa shape index (κ3) is 1.88. The van der Waals surface area contributed by atoms with Crippen LogP contribution in [0.15, 0.2) is 12.1 Å². The summed E-state index contributed by atoms with van der Waals surface area (Å²) in [5, 5.41) is 8.57. The Bertz CT molecular complexity index is 430. The first kappa shape index (κ1) is 11.0. The second-order valence-corrected chi connectivity index (χ2v) is 2.69. The molecule has 15 heavy (non-hydrogen) atoms. The third-order valence-corrected chi connectivity index (χ3v) is 1.82. The maximum Gasteiger partial charge on any atom is 0.340 e. The minimum absolute atomic E-state index is 0.194. The average molecular weight is 213 g/mol. The molecule has 0 unspecified atom stereocenters. The summed E-state index contributed by atoms with van der Waals surface area (Å²) >= 11 is 0. The van der Waals surface area contributed by atoms with Gasteiger partial charge in [-0.3, -0.25) is 0 Å². The molecule has 0 atom stereocenters. The first-order valence-corrected chi connectivity index (χ1v) is 3.88. The molecule has 0 heterocycles. The number of carbonyl (C=O) groups excluding carboxylic acids is 1. The standard InChI is InChI=1S/C9H8FNO4/c1-15-9(14)5-3-2-4(8(12)13)6(10)7(5)11/h2-3H,11H2,1H3,(H,12,13). The quantitative estimate of drug-likeness (QED) is 0.562. The molecular formula is C9H8FNO4. The molecule has 0 bridgehead atoms. The number of nitrogens with two attached hydrogens (primary N) is 1.